The fourth-order valence-electron chi connectivity index (χ4n) is 2.70. The number of halogens is 1. The van der Waals surface area contributed by atoms with Gasteiger partial charge >= 0.3 is 5.97 Å². The van der Waals surface area contributed by atoms with Crippen molar-refractivity contribution in [1.29, 1.82) is 0 Å². The van der Waals surface area contributed by atoms with E-state index in [9.17, 15) is 14.7 Å². The summed E-state index contributed by atoms with van der Waals surface area (Å²) in [7, 11) is 1.45. The van der Waals surface area contributed by atoms with E-state index < -0.39 is 17.9 Å². The van der Waals surface area contributed by atoms with E-state index in [0.29, 0.717) is 0 Å². The Labute approximate surface area is 146 Å². The molecule has 0 aliphatic carbocycles. The lowest BCUT2D eigenvalue weighted by atomic mass is 9.93. The van der Waals surface area contributed by atoms with Crippen LogP contribution in [0.1, 0.15) is 21.6 Å². The SMILES string of the molecule is COc1ccc(C(=O)N2Cc3cccc(Br)c3CC2C(=O)O)nn1. The van der Waals surface area contributed by atoms with E-state index in [1.165, 1.54) is 24.1 Å². The molecular weight excluding hydrogens is 378 g/mol. The monoisotopic (exact) mass is 391 g/mol. The molecule has 7 nitrogen and oxygen atoms in total. The second-order valence-corrected chi connectivity index (χ2v) is 6.18. The maximum Gasteiger partial charge on any atom is 0.326 e. The standard InChI is InChI=1S/C16H14BrN3O4/c1-24-14-6-5-12(18-19-14)15(21)20-8-9-3-2-4-11(17)10(9)7-13(20)16(22)23/h2-6,13H,7-8H2,1H3,(H,22,23). The molecule has 0 radical (unpaired) electrons. The van der Waals surface area contributed by atoms with Gasteiger partial charge in [-0.05, 0) is 23.3 Å². The zero-order valence-corrected chi connectivity index (χ0v) is 14.4. The molecule has 1 aromatic carbocycles. The predicted octanol–water partition coefficient (Wildman–Crippen LogP) is 1.90. The molecular formula is C16H14BrN3O4. The largest absolute Gasteiger partial charge is 0.480 e. The summed E-state index contributed by atoms with van der Waals surface area (Å²) in [6, 6.07) is 7.66. The Morgan fingerprint density at radius 1 is 1.29 bits per heavy atom. The topological polar surface area (TPSA) is 92.6 Å². The van der Waals surface area contributed by atoms with Gasteiger partial charge in [-0.2, -0.15) is 0 Å². The summed E-state index contributed by atoms with van der Waals surface area (Å²) in [4.78, 5) is 25.7. The van der Waals surface area contributed by atoms with Crippen molar-refractivity contribution in [2.75, 3.05) is 7.11 Å². The van der Waals surface area contributed by atoms with Crippen LogP contribution in [-0.4, -0.2) is 45.2 Å². The number of nitrogens with zero attached hydrogens (tertiary/aromatic N) is 3. The van der Waals surface area contributed by atoms with Crippen LogP contribution in [0.2, 0.25) is 0 Å². The highest BCUT2D eigenvalue weighted by Crippen LogP contribution is 2.30. The van der Waals surface area contributed by atoms with E-state index in [0.717, 1.165) is 15.6 Å². The van der Waals surface area contributed by atoms with E-state index in [-0.39, 0.29) is 24.5 Å². The number of benzene rings is 1. The zero-order valence-electron chi connectivity index (χ0n) is 12.8. The Morgan fingerprint density at radius 2 is 2.08 bits per heavy atom. The van der Waals surface area contributed by atoms with Crippen molar-refractivity contribution in [3.8, 4) is 5.88 Å². The lowest BCUT2D eigenvalue weighted by molar-refractivity contribution is -0.142. The van der Waals surface area contributed by atoms with Gasteiger partial charge in [-0.1, -0.05) is 28.1 Å². The van der Waals surface area contributed by atoms with Crippen LogP contribution in [0.25, 0.3) is 0 Å². The lowest BCUT2D eigenvalue weighted by Crippen LogP contribution is -2.49. The van der Waals surface area contributed by atoms with E-state index in [1.807, 2.05) is 18.2 Å². The Balaban J connectivity index is 1.95. The van der Waals surface area contributed by atoms with Gasteiger partial charge in [0.15, 0.2) is 5.69 Å². The average molecular weight is 392 g/mol. The number of aliphatic carboxylic acids is 1. The van der Waals surface area contributed by atoms with Gasteiger partial charge in [0, 0.05) is 23.5 Å². The number of amides is 1. The molecule has 0 bridgehead atoms. The molecule has 1 unspecified atom stereocenters. The normalized spacial score (nSPS) is 16.4. The van der Waals surface area contributed by atoms with Crippen LogP contribution in [0.5, 0.6) is 5.88 Å². The number of hydrogen-bond donors (Lipinski definition) is 1. The Kier molecular flexibility index (Phi) is 4.48. The fraction of sp³-hybridized carbons (Fsp3) is 0.250. The highest BCUT2D eigenvalue weighted by Gasteiger charge is 2.36. The molecule has 1 atom stereocenters. The number of carbonyl (C=O) groups is 2. The maximum absolute atomic E-state index is 12.7. The van der Waals surface area contributed by atoms with Gasteiger partial charge in [0.25, 0.3) is 5.91 Å². The highest BCUT2D eigenvalue weighted by molar-refractivity contribution is 9.10. The van der Waals surface area contributed by atoms with Gasteiger partial charge < -0.3 is 14.7 Å². The summed E-state index contributed by atoms with van der Waals surface area (Å²) < 4.78 is 5.77. The molecule has 0 fully saturated rings. The molecule has 0 spiro atoms. The van der Waals surface area contributed by atoms with Gasteiger partial charge in [0.05, 0.1) is 7.11 Å². The number of ether oxygens (including phenoxy) is 1. The van der Waals surface area contributed by atoms with Gasteiger partial charge in [0.1, 0.15) is 6.04 Å². The average Bonchev–Trinajstić information content (AvgIpc) is 2.60. The third-order valence-corrected chi connectivity index (χ3v) is 4.69. The first kappa shape index (κ1) is 16.4. The van der Waals surface area contributed by atoms with E-state index in [4.69, 9.17) is 4.74 Å². The van der Waals surface area contributed by atoms with Crippen molar-refractivity contribution < 1.29 is 19.4 Å². The molecule has 2 heterocycles. The summed E-state index contributed by atoms with van der Waals surface area (Å²) in [5.74, 6) is -1.23. The Bertz CT molecular complexity index is 794. The first-order valence-corrected chi connectivity index (χ1v) is 7.98. The predicted molar refractivity (Wildman–Crippen MR) is 87.7 cm³/mol. The second kappa shape index (κ2) is 6.56. The summed E-state index contributed by atoms with van der Waals surface area (Å²) >= 11 is 3.44. The molecule has 0 saturated heterocycles. The van der Waals surface area contributed by atoms with Crippen LogP contribution in [0.15, 0.2) is 34.8 Å². The van der Waals surface area contributed by atoms with Gasteiger partial charge in [-0.15, -0.1) is 10.2 Å². The third-order valence-electron chi connectivity index (χ3n) is 3.94. The summed E-state index contributed by atoms with van der Waals surface area (Å²) in [6.07, 6.45) is 0.238. The Hall–Kier alpha value is -2.48. The molecule has 1 aromatic heterocycles. The number of hydrogen-bond acceptors (Lipinski definition) is 5. The molecule has 1 aliphatic heterocycles. The van der Waals surface area contributed by atoms with Crippen molar-refractivity contribution in [3.05, 3.63) is 51.6 Å². The van der Waals surface area contributed by atoms with Crippen LogP contribution >= 0.6 is 15.9 Å². The number of carboxylic acid groups (broad SMARTS) is 1. The van der Waals surface area contributed by atoms with E-state index in [2.05, 4.69) is 26.1 Å². The van der Waals surface area contributed by atoms with Gasteiger partial charge in [0.2, 0.25) is 5.88 Å². The van der Waals surface area contributed by atoms with Crippen LogP contribution in [0, 0.1) is 0 Å². The summed E-state index contributed by atoms with van der Waals surface area (Å²) in [5.41, 5.74) is 1.91. The van der Waals surface area contributed by atoms with E-state index >= 15 is 0 Å². The van der Waals surface area contributed by atoms with Crippen LogP contribution < -0.4 is 4.74 Å². The summed E-state index contributed by atoms with van der Waals surface area (Å²) in [6.45, 7) is 0.207. The first-order valence-electron chi connectivity index (χ1n) is 7.19. The number of fused-ring (bicyclic) bond motifs is 1. The number of carboxylic acids is 1. The third kappa shape index (κ3) is 2.96. The number of rotatable bonds is 3. The zero-order chi connectivity index (χ0) is 17.3. The van der Waals surface area contributed by atoms with Gasteiger partial charge in [-0.25, -0.2) is 4.79 Å². The fourth-order valence-corrected chi connectivity index (χ4v) is 3.27. The molecule has 124 valence electrons. The number of aromatic nitrogens is 2. The van der Waals surface area contributed by atoms with Crippen molar-refractivity contribution >= 4 is 27.8 Å². The molecule has 1 N–H and O–H groups in total. The minimum absolute atomic E-state index is 0.0838. The van der Waals surface area contributed by atoms with Crippen LogP contribution in [0.4, 0.5) is 0 Å². The molecule has 1 aliphatic rings. The van der Waals surface area contributed by atoms with Crippen LogP contribution in [-0.2, 0) is 17.8 Å². The Morgan fingerprint density at radius 3 is 2.71 bits per heavy atom. The lowest BCUT2D eigenvalue weighted by Gasteiger charge is -2.34. The number of carbonyl (C=O) groups excluding carboxylic acids is 1. The van der Waals surface area contributed by atoms with Crippen molar-refractivity contribution in [2.45, 2.75) is 19.0 Å². The second-order valence-electron chi connectivity index (χ2n) is 5.33. The minimum Gasteiger partial charge on any atom is -0.480 e. The van der Waals surface area contributed by atoms with Crippen molar-refractivity contribution in [2.24, 2.45) is 0 Å². The molecule has 8 heteroatoms. The van der Waals surface area contributed by atoms with Crippen LogP contribution in [0.3, 0.4) is 0 Å². The smallest absolute Gasteiger partial charge is 0.326 e. The number of methoxy groups -OCH3 is 1. The first-order chi connectivity index (χ1) is 11.5. The quantitative estimate of drug-likeness (QED) is 0.858. The molecule has 2 aromatic rings. The highest BCUT2D eigenvalue weighted by atomic mass is 79.9. The summed E-state index contributed by atoms with van der Waals surface area (Å²) in [5, 5.41) is 17.1. The van der Waals surface area contributed by atoms with Crippen molar-refractivity contribution in [1.82, 2.24) is 15.1 Å². The molecule has 3 rings (SSSR count). The molecule has 24 heavy (non-hydrogen) atoms. The van der Waals surface area contributed by atoms with Gasteiger partial charge in [-0.3, -0.25) is 4.79 Å². The maximum atomic E-state index is 12.7. The minimum atomic E-state index is -1.05. The molecule has 0 saturated carbocycles. The molecule has 1 amide bonds. The van der Waals surface area contributed by atoms with E-state index in [1.54, 1.807) is 0 Å². The van der Waals surface area contributed by atoms with Crippen molar-refractivity contribution in [3.63, 3.8) is 0 Å².